The van der Waals surface area contributed by atoms with Crippen LogP contribution in [0.25, 0.3) is 22.6 Å². The second-order valence-electron chi connectivity index (χ2n) is 6.26. The molecule has 0 saturated heterocycles. The van der Waals surface area contributed by atoms with Crippen LogP contribution in [0.15, 0.2) is 59.8 Å². The number of Topliss-reactive ketones (excluding diaryl/α,β-unsaturated/α-hetero) is 1. The molecule has 5 heteroatoms. The molecule has 27 heavy (non-hydrogen) atoms. The van der Waals surface area contributed by atoms with Crippen molar-refractivity contribution in [2.75, 3.05) is 0 Å². The number of carbonyl (C=O) groups is 1. The van der Waals surface area contributed by atoms with E-state index >= 15 is 0 Å². The number of carbonyl (C=O) groups excluding carboxylic acids is 1. The lowest BCUT2D eigenvalue weighted by atomic mass is 9.98. The van der Waals surface area contributed by atoms with Crippen molar-refractivity contribution in [1.29, 1.82) is 10.5 Å². The lowest BCUT2D eigenvalue weighted by Crippen LogP contribution is -1.95. The Balaban J connectivity index is 2.03. The number of allylic oxidation sites excluding steroid dienone is 3. The fraction of sp³-hybridized carbons (Fsp3) is 0.0455. The standard InChI is InChI=1S/C22H12IN3O/c1-26-12-13(18-9-15(23)6-7-20(18)26)8-19-21(14(10-24)11-25)16-4-2-3-5-17(16)22(19)27/h2-9,12H,1H3/b19-8+. The molecular formula is C22H12IN3O. The smallest absolute Gasteiger partial charge is 0.194 e. The molecule has 0 aliphatic heterocycles. The number of aryl methyl sites for hydroxylation is 1. The highest BCUT2D eigenvalue weighted by molar-refractivity contribution is 14.1. The normalized spacial score (nSPS) is 14.3. The van der Waals surface area contributed by atoms with E-state index in [-0.39, 0.29) is 11.4 Å². The van der Waals surface area contributed by atoms with Gasteiger partial charge in [-0.05, 0) is 52.4 Å². The molecule has 3 aromatic rings. The van der Waals surface area contributed by atoms with Crippen LogP contribution < -0.4 is 0 Å². The number of nitrogens with zero attached hydrogens (tertiary/aromatic N) is 3. The third-order valence-corrected chi connectivity index (χ3v) is 5.38. The zero-order valence-corrected chi connectivity index (χ0v) is 16.5. The fourth-order valence-corrected chi connectivity index (χ4v) is 4.00. The molecule has 0 amide bonds. The number of halogens is 1. The summed E-state index contributed by atoms with van der Waals surface area (Å²) in [5.74, 6) is -0.161. The third kappa shape index (κ3) is 2.68. The second-order valence-corrected chi connectivity index (χ2v) is 7.51. The minimum atomic E-state index is -0.161. The van der Waals surface area contributed by atoms with E-state index in [2.05, 4.69) is 28.7 Å². The van der Waals surface area contributed by atoms with Gasteiger partial charge in [-0.3, -0.25) is 4.79 Å². The van der Waals surface area contributed by atoms with Crippen LogP contribution in [0.1, 0.15) is 21.5 Å². The summed E-state index contributed by atoms with van der Waals surface area (Å²) in [7, 11) is 1.95. The van der Waals surface area contributed by atoms with Gasteiger partial charge in [0.25, 0.3) is 0 Å². The number of benzene rings is 2. The first-order valence-electron chi connectivity index (χ1n) is 8.20. The van der Waals surface area contributed by atoms with Gasteiger partial charge in [-0.25, -0.2) is 0 Å². The van der Waals surface area contributed by atoms with E-state index in [1.165, 1.54) is 0 Å². The molecule has 1 aliphatic carbocycles. The summed E-state index contributed by atoms with van der Waals surface area (Å²) in [6, 6.07) is 17.1. The molecule has 4 rings (SSSR count). The molecule has 1 aliphatic rings. The van der Waals surface area contributed by atoms with Crippen LogP contribution in [-0.4, -0.2) is 10.4 Å². The minimum absolute atomic E-state index is 0.0469. The summed E-state index contributed by atoms with van der Waals surface area (Å²) < 4.78 is 3.10. The number of rotatable bonds is 1. The third-order valence-electron chi connectivity index (χ3n) is 4.71. The van der Waals surface area contributed by atoms with Crippen molar-refractivity contribution < 1.29 is 4.79 Å². The van der Waals surface area contributed by atoms with Crippen LogP contribution in [0.2, 0.25) is 0 Å². The molecule has 0 N–H and O–H groups in total. The molecule has 0 radical (unpaired) electrons. The molecular weight excluding hydrogens is 449 g/mol. The topological polar surface area (TPSA) is 69.6 Å². The van der Waals surface area contributed by atoms with Crippen molar-refractivity contribution in [2.45, 2.75) is 0 Å². The van der Waals surface area contributed by atoms with E-state index in [4.69, 9.17) is 0 Å². The van der Waals surface area contributed by atoms with Gasteiger partial charge in [0, 0.05) is 50.0 Å². The fourth-order valence-electron chi connectivity index (χ4n) is 3.51. The van der Waals surface area contributed by atoms with E-state index in [1.54, 1.807) is 24.3 Å². The molecule has 2 aromatic carbocycles. The Morgan fingerprint density at radius 1 is 1.11 bits per heavy atom. The minimum Gasteiger partial charge on any atom is -0.350 e. The van der Waals surface area contributed by atoms with Crippen molar-refractivity contribution in [3.8, 4) is 12.1 Å². The van der Waals surface area contributed by atoms with Gasteiger partial charge in [-0.2, -0.15) is 10.5 Å². The number of nitriles is 2. The van der Waals surface area contributed by atoms with Crippen molar-refractivity contribution in [2.24, 2.45) is 7.05 Å². The van der Waals surface area contributed by atoms with Crippen molar-refractivity contribution in [1.82, 2.24) is 4.57 Å². The maximum Gasteiger partial charge on any atom is 0.194 e. The van der Waals surface area contributed by atoms with Crippen molar-refractivity contribution >= 4 is 50.9 Å². The predicted octanol–water partition coefficient (Wildman–Crippen LogP) is 4.86. The van der Waals surface area contributed by atoms with E-state index in [0.717, 1.165) is 20.0 Å². The Hall–Kier alpha value is -3.16. The summed E-state index contributed by atoms with van der Waals surface area (Å²) in [6.07, 6.45) is 3.75. The van der Waals surface area contributed by atoms with Gasteiger partial charge in [-0.15, -0.1) is 0 Å². The molecule has 4 nitrogen and oxygen atoms in total. The number of aromatic nitrogens is 1. The van der Waals surface area contributed by atoms with Crippen LogP contribution in [0.5, 0.6) is 0 Å². The summed E-state index contributed by atoms with van der Waals surface area (Å²) in [6.45, 7) is 0. The lowest BCUT2D eigenvalue weighted by molar-refractivity contribution is 0.104. The molecule has 0 saturated carbocycles. The molecule has 128 valence electrons. The first kappa shape index (κ1) is 17.3. The van der Waals surface area contributed by atoms with E-state index in [9.17, 15) is 15.3 Å². The maximum atomic E-state index is 13.0. The monoisotopic (exact) mass is 461 g/mol. The van der Waals surface area contributed by atoms with Gasteiger partial charge < -0.3 is 4.57 Å². The predicted molar refractivity (Wildman–Crippen MR) is 113 cm³/mol. The largest absolute Gasteiger partial charge is 0.350 e. The molecule has 0 spiro atoms. The first-order valence-corrected chi connectivity index (χ1v) is 9.28. The van der Waals surface area contributed by atoms with Crippen LogP contribution in [0.4, 0.5) is 0 Å². The summed E-state index contributed by atoms with van der Waals surface area (Å²) in [5.41, 5.74) is 3.86. The van der Waals surface area contributed by atoms with Crippen LogP contribution >= 0.6 is 22.6 Å². The first-order chi connectivity index (χ1) is 13.0. The summed E-state index contributed by atoms with van der Waals surface area (Å²) in [4.78, 5) is 13.0. The highest BCUT2D eigenvalue weighted by Crippen LogP contribution is 2.40. The highest BCUT2D eigenvalue weighted by Gasteiger charge is 2.32. The second kappa shape index (κ2) is 6.53. The molecule has 0 unspecified atom stereocenters. The van der Waals surface area contributed by atoms with Crippen LogP contribution in [-0.2, 0) is 7.05 Å². The van der Waals surface area contributed by atoms with Crippen LogP contribution in [0.3, 0.4) is 0 Å². The van der Waals surface area contributed by atoms with Gasteiger partial charge in [0.1, 0.15) is 17.7 Å². The SMILES string of the molecule is Cn1cc(/C=C2/C(=O)c3ccccc3C2=C(C#N)C#N)c2cc(I)ccc21. The Morgan fingerprint density at radius 2 is 1.81 bits per heavy atom. The molecule has 0 fully saturated rings. The number of hydrogen-bond donors (Lipinski definition) is 0. The zero-order valence-electron chi connectivity index (χ0n) is 14.3. The zero-order chi connectivity index (χ0) is 19.1. The van der Waals surface area contributed by atoms with E-state index in [0.29, 0.717) is 22.3 Å². The number of fused-ring (bicyclic) bond motifs is 2. The Morgan fingerprint density at radius 3 is 2.52 bits per heavy atom. The van der Waals surface area contributed by atoms with E-state index in [1.807, 2.05) is 48.1 Å². The van der Waals surface area contributed by atoms with Gasteiger partial charge in [0.15, 0.2) is 5.78 Å². The molecule has 1 aromatic heterocycles. The molecule has 1 heterocycles. The maximum absolute atomic E-state index is 13.0. The van der Waals surface area contributed by atoms with Gasteiger partial charge >= 0.3 is 0 Å². The summed E-state index contributed by atoms with van der Waals surface area (Å²) in [5, 5.41) is 19.9. The Kier molecular flexibility index (Phi) is 4.18. The van der Waals surface area contributed by atoms with Gasteiger partial charge in [0.05, 0.1) is 0 Å². The number of ketones is 1. The lowest BCUT2D eigenvalue weighted by Gasteiger charge is -2.02. The molecule has 0 atom stereocenters. The van der Waals surface area contributed by atoms with Gasteiger partial charge in [-0.1, -0.05) is 24.3 Å². The molecule has 0 bridgehead atoms. The summed E-state index contributed by atoms with van der Waals surface area (Å²) >= 11 is 2.26. The van der Waals surface area contributed by atoms with Gasteiger partial charge in [0.2, 0.25) is 0 Å². The average molecular weight is 461 g/mol. The number of hydrogen-bond acceptors (Lipinski definition) is 3. The Labute approximate surface area is 169 Å². The van der Waals surface area contributed by atoms with E-state index < -0.39 is 0 Å². The average Bonchev–Trinajstić information content (AvgIpc) is 3.12. The Bertz CT molecular complexity index is 1260. The van der Waals surface area contributed by atoms with Crippen LogP contribution in [0, 0.1) is 26.2 Å². The highest BCUT2D eigenvalue weighted by atomic mass is 127. The van der Waals surface area contributed by atoms with Crippen molar-refractivity contribution in [3.05, 3.63) is 80.1 Å². The quantitative estimate of drug-likeness (QED) is 0.295. The van der Waals surface area contributed by atoms with Crippen molar-refractivity contribution in [3.63, 3.8) is 0 Å².